The summed E-state index contributed by atoms with van der Waals surface area (Å²) < 4.78 is 25.9. The summed E-state index contributed by atoms with van der Waals surface area (Å²) in [5.74, 6) is -0.989. The molecule has 3 rings (SSSR count). The molecule has 0 aromatic heterocycles. The van der Waals surface area contributed by atoms with Gasteiger partial charge in [-0.15, -0.1) is 0 Å². The van der Waals surface area contributed by atoms with Crippen molar-refractivity contribution in [1.29, 1.82) is 0 Å². The first-order valence-corrected chi connectivity index (χ1v) is 10.2. The minimum absolute atomic E-state index is 0.0463. The van der Waals surface area contributed by atoms with E-state index in [4.69, 9.17) is 5.11 Å². The Bertz CT molecular complexity index is 766. The molecule has 0 atom stereocenters. The van der Waals surface area contributed by atoms with Crippen molar-refractivity contribution in [2.24, 2.45) is 0 Å². The standard InChI is InChI=1S/C17H23N3O5S/c21-16(22)13-3-1-12(2-4-13)11-18-17(23)19-14-7-9-20(10-8-14)26(24,25)15-5-6-15/h1-4,14-15H,5-11H2,(H,21,22)(H2,18,19,23). The number of nitrogens with zero attached hydrogens (tertiary/aromatic N) is 1. The van der Waals surface area contributed by atoms with Crippen LogP contribution in [-0.2, 0) is 16.6 Å². The summed E-state index contributed by atoms with van der Waals surface area (Å²) in [5, 5.41) is 14.3. The van der Waals surface area contributed by atoms with Crippen molar-refractivity contribution in [2.75, 3.05) is 13.1 Å². The van der Waals surface area contributed by atoms with Crippen LogP contribution in [0.1, 0.15) is 41.6 Å². The summed E-state index contributed by atoms with van der Waals surface area (Å²) in [4.78, 5) is 22.8. The fourth-order valence-corrected chi connectivity index (χ4v) is 4.89. The average molecular weight is 381 g/mol. The number of aromatic carboxylic acids is 1. The van der Waals surface area contributed by atoms with Crippen LogP contribution in [0, 0.1) is 0 Å². The second-order valence-corrected chi connectivity index (χ2v) is 8.96. The lowest BCUT2D eigenvalue weighted by Gasteiger charge is -2.31. The summed E-state index contributed by atoms with van der Waals surface area (Å²) >= 11 is 0. The lowest BCUT2D eigenvalue weighted by atomic mass is 10.1. The number of carbonyl (C=O) groups excluding carboxylic acids is 1. The summed E-state index contributed by atoms with van der Waals surface area (Å²) in [7, 11) is -3.13. The van der Waals surface area contributed by atoms with Crippen molar-refractivity contribution in [3.63, 3.8) is 0 Å². The molecule has 0 spiro atoms. The molecular weight excluding hydrogens is 358 g/mol. The summed E-state index contributed by atoms with van der Waals surface area (Å²) in [6.07, 6.45) is 2.73. The zero-order valence-electron chi connectivity index (χ0n) is 14.3. The van der Waals surface area contributed by atoms with Gasteiger partial charge in [-0.05, 0) is 43.4 Å². The average Bonchev–Trinajstić information content (AvgIpc) is 3.46. The third-order valence-electron chi connectivity index (χ3n) is 4.75. The van der Waals surface area contributed by atoms with E-state index >= 15 is 0 Å². The first-order valence-electron chi connectivity index (χ1n) is 8.72. The number of amides is 2. The summed E-state index contributed by atoms with van der Waals surface area (Å²) in [5.41, 5.74) is 1.00. The number of benzene rings is 1. The number of nitrogens with one attached hydrogen (secondary N) is 2. The Morgan fingerprint density at radius 1 is 1.08 bits per heavy atom. The predicted octanol–water partition coefficient (Wildman–Crippen LogP) is 1.14. The highest BCUT2D eigenvalue weighted by Crippen LogP contribution is 2.32. The van der Waals surface area contributed by atoms with Crippen LogP contribution >= 0.6 is 0 Å². The Labute approximate surface area is 152 Å². The molecule has 1 aliphatic heterocycles. The molecule has 0 radical (unpaired) electrons. The van der Waals surface area contributed by atoms with Gasteiger partial charge in [0.15, 0.2) is 0 Å². The minimum Gasteiger partial charge on any atom is -0.478 e. The molecule has 0 unspecified atom stereocenters. The van der Waals surface area contributed by atoms with Gasteiger partial charge in [0.25, 0.3) is 0 Å². The summed E-state index contributed by atoms with van der Waals surface area (Å²) in [6.45, 7) is 1.18. The lowest BCUT2D eigenvalue weighted by molar-refractivity contribution is 0.0697. The smallest absolute Gasteiger partial charge is 0.335 e. The third-order valence-corrected chi connectivity index (χ3v) is 7.15. The molecule has 142 valence electrons. The van der Waals surface area contributed by atoms with Gasteiger partial charge in [0.2, 0.25) is 10.0 Å². The lowest BCUT2D eigenvalue weighted by Crippen LogP contribution is -2.49. The number of carboxylic acids is 1. The van der Waals surface area contributed by atoms with Gasteiger partial charge in [0.1, 0.15) is 0 Å². The highest BCUT2D eigenvalue weighted by Gasteiger charge is 2.41. The van der Waals surface area contributed by atoms with Crippen LogP contribution in [-0.4, -0.2) is 54.2 Å². The van der Waals surface area contributed by atoms with Crippen LogP contribution in [0.2, 0.25) is 0 Å². The van der Waals surface area contributed by atoms with Crippen LogP contribution in [0.5, 0.6) is 0 Å². The molecule has 3 N–H and O–H groups in total. The maximum atomic E-state index is 12.2. The predicted molar refractivity (Wildman–Crippen MR) is 95.3 cm³/mol. The third kappa shape index (κ3) is 4.53. The topological polar surface area (TPSA) is 116 Å². The van der Waals surface area contributed by atoms with E-state index in [1.807, 2.05) is 0 Å². The quantitative estimate of drug-likeness (QED) is 0.683. The van der Waals surface area contributed by atoms with Crippen LogP contribution in [0.15, 0.2) is 24.3 Å². The van der Waals surface area contributed by atoms with Crippen molar-refractivity contribution in [2.45, 2.75) is 43.5 Å². The van der Waals surface area contributed by atoms with Crippen LogP contribution < -0.4 is 10.6 Å². The van der Waals surface area contributed by atoms with Gasteiger partial charge in [0.05, 0.1) is 10.8 Å². The number of carbonyl (C=O) groups is 2. The molecular formula is C17H23N3O5S. The van der Waals surface area contributed by atoms with E-state index in [-0.39, 0.29) is 22.9 Å². The van der Waals surface area contributed by atoms with E-state index in [0.29, 0.717) is 32.5 Å². The Hall–Kier alpha value is -2.13. The molecule has 1 saturated heterocycles. The number of hydrogen-bond donors (Lipinski definition) is 3. The number of hydrogen-bond acceptors (Lipinski definition) is 4. The SMILES string of the molecule is O=C(NCc1ccc(C(=O)O)cc1)NC1CCN(S(=O)(=O)C2CC2)CC1. The Morgan fingerprint density at radius 2 is 1.69 bits per heavy atom. The Kier molecular flexibility index (Phi) is 5.47. The van der Waals surface area contributed by atoms with Crippen molar-refractivity contribution < 1.29 is 23.1 Å². The highest BCUT2D eigenvalue weighted by atomic mass is 32.2. The second kappa shape index (κ2) is 7.63. The van der Waals surface area contributed by atoms with Crippen molar-refractivity contribution >= 4 is 22.0 Å². The fraction of sp³-hybridized carbons (Fsp3) is 0.529. The molecule has 1 heterocycles. The van der Waals surface area contributed by atoms with E-state index < -0.39 is 16.0 Å². The number of piperidine rings is 1. The maximum Gasteiger partial charge on any atom is 0.335 e. The molecule has 1 aromatic carbocycles. The molecule has 2 fully saturated rings. The van der Waals surface area contributed by atoms with Crippen LogP contribution in [0.3, 0.4) is 0 Å². The maximum absolute atomic E-state index is 12.2. The Morgan fingerprint density at radius 3 is 2.23 bits per heavy atom. The number of urea groups is 1. The first-order chi connectivity index (χ1) is 12.4. The van der Waals surface area contributed by atoms with Gasteiger partial charge < -0.3 is 15.7 Å². The molecule has 1 aromatic rings. The van der Waals surface area contributed by atoms with Crippen LogP contribution in [0.25, 0.3) is 0 Å². The van der Waals surface area contributed by atoms with Gasteiger partial charge in [-0.3, -0.25) is 0 Å². The molecule has 0 bridgehead atoms. The fourth-order valence-electron chi connectivity index (χ4n) is 3.02. The van der Waals surface area contributed by atoms with E-state index in [1.54, 1.807) is 16.4 Å². The van der Waals surface area contributed by atoms with Gasteiger partial charge >= 0.3 is 12.0 Å². The zero-order chi connectivity index (χ0) is 18.7. The van der Waals surface area contributed by atoms with Crippen molar-refractivity contribution in [3.05, 3.63) is 35.4 Å². The van der Waals surface area contributed by atoms with Gasteiger partial charge in [-0.25, -0.2) is 22.3 Å². The minimum atomic E-state index is -3.13. The number of carboxylic acid groups (broad SMARTS) is 1. The van der Waals surface area contributed by atoms with E-state index in [0.717, 1.165) is 18.4 Å². The highest BCUT2D eigenvalue weighted by molar-refractivity contribution is 7.90. The van der Waals surface area contributed by atoms with E-state index in [2.05, 4.69) is 10.6 Å². The monoisotopic (exact) mass is 381 g/mol. The molecule has 1 aliphatic carbocycles. The van der Waals surface area contributed by atoms with Gasteiger partial charge in [-0.1, -0.05) is 12.1 Å². The van der Waals surface area contributed by atoms with E-state index in [9.17, 15) is 18.0 Å². The molecule has 9 heteroatoms. The molecule has 1 saturated carbocycles. The first kappa shape index (κ1) is 18.7. The molecule has 8 nitrogen and oxygen atoms in total. The normalized spacial score (nSPS) is 19.1. The van der Waals surface area contributed by atoms with E-state index in [1.165, 1.54) is 12.1 Å². The molecule has 2 aliphatic rings. The van der Waals surface area contributed by atoms with Crippen LogP contribution in [0.4, 0.5) is 4.79 Å². The Balaban J connectivity index is 1.41. The number of rotatable bonds is 6. The molecule has 26 heavy (non-hydrogen) atoms. The van der Waals surface area contributed by atoms with Gasteiger partial charge in [-0.2, -0.15) is 0 Å². The largest absolute Gasteiger partial charge is 0.478 e. The van der Waals surface area contributed by atoms with Crippen molar-refractivity contribution in [1.82, 2.24) is 14.9 Å². The summed E-state index contributed by atoms with van der Waals surface area (Å²) in [6, 6.07) is 5.95. The zero-order valence-corrected chi connectivity index (χ0v) is 15.2. The second-order valence-electron chi connectivity index (χ2n) is 6.75. The van der Waals surface area contributed by atoms with Gasteiger partial charge in [0, 0.05) is 25.7 Å². The van der Waals surface area contributed by atoms with Crippen molar-refractivity contribution in [3.8, 4) is 0 Å². The molecule has 2 amide bonds. The number of sulfonamides is 1.